The molecular weight excluding hydrogens is 492 g/mol. The molecule has 1 amide bonds. The summed E-state index contributed by atoms with van der Waals surface area (Å²) in [7, 11) is 0. The fourth-order valence-electron chi connectivity index (χ4n) is 4.62. The van der Waals surface area contributed by atoms with Gasteiger partial charge in [0.15, 0.2) is 0 Å². The highest BCUT2D eigenvalue weighted by molar-refractivity contribution is 6.46. The Hall–Kier alpha value is -4.91. The number of pyridine rings is 1. The molecule has 7 nitrogen and oxygen atoms in total. The number of rotatable bonds is 9. The fraction of sp³-hybridized carbons (Fsp3) is 0.156. The van der Waals surface area contributed by atoms with Crippen molar-refractivity contribution in [3.8, 4) is 11.5 Å². The molecule has 1 N–H and O–H groups in total. The standard InChI is InChI=1S/C32H28N2O5/c1-2-38-27-10-6-9-25(19-27)30(35)28-29(34(32(37)31(28)36)20-22-15-17-33-18-16-22)24-11-13-26(14-12-24)39-21-23-7-4-3-5-8-23/h3-19,29,35H,2,20-21H2,1H3/b30-28+. The number of Topliss-reactive ketones (excluding diaryl/α,β-unsaturated/α-hetero) is 1. The summed E-state index contributed by atoms with van der Waals surface area (Å²) < 4.78 is 11.5. The highest BCUT2D eigenvalue weighted by Gasteiger charge is 2.46. The van der Waals surface area contributed by atoms with E-state index in [-0.39, 0.29) is 17.9 Å². The van der Waals surface area contributed by atoms with Crippen LogP contribution in [0.3, 0.4) is 0 Å². The summed E-state index contributed by atoms with van der Waals surface area (Å²) in [6.45, 7) is 2.92. The molecule has 4 aromatic rings. The van der Waals surface area contributed by atoms with Crippen LogP contribution in [0.1, 0.15) is 35.2 Å². The number of amides is 1. The number of hydrogen-bond acceptors (Lipinski definition) is 6. The van der Waals surface area contributed by atoms with Gasteiger partial charge in [-0.3, -0.25) is 14.6 Å². The van der Waals surface area contributed by atoms with Crippen LogP contribution in [0.25, 0.3) is 5.76 Å². The lowest BCUT2D eigenvalue weighted by Crippen LogP contribution is -2.29. The number of benzene rings is 3. The number of aliphatic hydroxyl groups excluding tert-OH is 1. The lowest BCUT2D eigenvalue weighted by atomic mass is 9.95. The van der Waals surface area contributed by atoms with Crippen molar-refractivity contribution in [2.75, 3.05) is 6.61 Å². The Labute approximate surface area is 227 Å². The number of aliphatic hydroxyl groups is 1. The molecule has 39 heavy (non-hydrogen) atoms. The van der Waals surface area contributed by atoms with E-state index in [0.29, 0.717) is 35.8 Å². The molecule has 1 aromatic heterocycles. The Balaban J connectivity index is 1.52. The van der Waals surface area contributed by atoms with Crippen LogP contribution in [0.4, 0.5) is 0 Å². The second kappa shape index (κ2) is 11.6. The lowest BCUT2D eigenvalue weighted by Gasteiger charge is -2.25. The number of carbonyl (C=O) groups excluding carboxylic acids is 2. The molecule has 0 aliphatic carbocycles. The number of ketones is 1. The normalized spacial score (nSPS) is 16.3. The Morgan fingerprint density at radius 2 is 1.59 bits per heavy atom. The van der Waals surface area contributed by atoms with Crippen molar-refractivity contribution in [1.29, 1.82) is 0 Å². The third kappa shape index (κ3) is 5.67. The van der Waals surface area contributed by atoms with E-state index in [0.717, 1.165) is 11.1 Å². The number of carbonyl (C=O) groups is 2. The lowest BCUT2D eigenvalue weighted by molar-refractivity contribution is -0.140. The van der Waals surface area contributed by atoms with Gasteiger partial charge in [0.2, 0.25) is 0 Å². The molecule has 5 rings (SSSR count). The molecule has 2 heterocycles. The van der Waals surface area contributed by atoms with Gasteiger partial charge in [-0.1, -0.05) is 54.6 Å². The average Bonchev–Trinajstić information content (AvgIpc) is 3.22. The SMILES string of the molecule is CCOc1cccc(/C(O)=C2\C(=O)C(=O)N(Cc3ccncc3)C2c2ccc(OCc3ccccc3)cc2)c1. The molecule has 0 radical (unpaired) electrons. The molecule has 1 aliphatic heterocycles. The largest absolute Gasteiger partial charge is 0.507 e. The first-order chi connectivity index (χ1) is 19.0. The van der Waals surface area contributed by atoms with Gasteiger partial charge < -0.3 is 19.5 Å². The van der Waals surface area contributed by atoms with Crippen LogP contribution in [-0.2, 0) is 22.7 Å². The van der Waals surface area contributed by atoms with Crippen LogP contribution in [0.2, 0.25) is 0 Å². The number of aromatic nitrogens is 1. The fourth-order valence-corrected chi connectivity index (χ4v) is 4.62. The van der Waals surface area contributed by atoms with E-state index in [1.807, 2.05) is 49.4 Å². The summed E-state index contributed by atoms with van der Waals surface area (Å²) in [6.07, 6.45) is 3.28. The van der Waals surface area contributed by atoms with Crippen molar-refractivity contribution in [2.45, 2.75) is 26.1 Å². The van der Waals surface area contributed by atoms with Crippen molar-refractivity contribution in [1.82, 2.24) is 9.88 Å². The number of nitrogens with zero attached hydrogens (tertiary/aromatic N) is 2. The Morgan fingerprint density at radius 1 is 0.846 bits per heavy atom. The van der Waals surface area contributed by atoms with Gasteiger partial charge in [0.05, 0.1) is 18.2 Å². The first-order valence-corrected chi connectivity index (χ1v) is 12.7. The van der Waals surface area contributed by atoms with Crippen molar-refractivity contribution in [2.24, 2.45) is 0 Å². The highest BCUT2D eigenvalue weighted by atomic mass is 16.5. The van der Waals surface area contributed by atoms with Gasteiger partial charge >= 0.3 is 0 Å². The molecule has 1 aliphatic rings. The maximum atomic E-state index is 13.4. The monoisotopic (exact) mass is 520 g/mol. The predicted octanol–water partition coefficient (Wildman–Crippen LogP) is 5.68. The summed E-state index contributed by atoms with van der Waals surface area (Å²) in [6, 6.07) is 26.7. The van der Waals surface area contributed by atoms with Gasteiger partial charge in [-0.2, -0.15) is 0 Å². The van der Waals surface area contributed by atoms with Crippen LogP contribution in [0, 0.1) is 0 Å². The zero-order valence-electron chi connectivity index (χ0n) is 21.5. The summed E-state index contributed by atoms with van der Waals surface area (Å²) in [5.41, 5.74) is 2.97. The molecule has 0 saturated carbocycles. The van der Waals surface area contributed by atoms with E-state index < -0.39 is 17.7 Å². The second-order valence-electron chi connectivity index (χ2n) is 9.09. The van der Waals surface area contributed by atoms with Gasteiger partial charge in [-0.15, -0.1) is 0 Å². The zero-order chi connectivity index (χ0) is 27.2. The van der Waals surface area contributed by atoms with Crippen LogP contribution >= 0.6 is 0 Å². The smallest absolute Gasteiger partial charge is 0.295 e. The molecule has 3 aromatic carbocycles. The summed E-state index contributed by atoms with van der Waals surface area (Å²) in [5, 5.41) is 11.4. The topological polar surface area (TPSA) is 89.0 Å². The summed E-state index contributed by atoms with van der Waals surface area (Å²) in [4.78, 5) is 32.2. The quantitative estimate of drug-likeness (QED) is 0.174. The minimum atomic E-state index is -0.794. The molecule has 1 fully saturated rings. The van der Waals surface area contributed by atoms with Crippen LogP contribution < -0.4 is 9.47 Å². The molecule has 1 atom stereocenters. The van der Waals surface area contributed by atoms with Crippen molar-refractivity contribution >= 4 is 17.4 Å². The van der Waals surface area contributed by atoms with Crippen LogP contribution in [-0.4, -0.2) is 33.3 Å². The third-order valence-electron chi connectivity index (χ3n) is 6.50. The second-order valence-corrected chi connectivity index (χ2v) is 9.09. The maximum Gasteiger partial charge on any atom is 0.295 e. The van der Waals surface area contributed by atoms with Gasteiger partial charge in [-0.05, 0) is 60.0 Å². The Kier molecular flexibility index (Phi) is 7.68. The molecular formula is C32H28N2O5. The predicted molar refractivity (Wildman–Crippen MR) is 147 cm³/mol. The van der Waals surface area contributed by atoms with Gasteiger partial charge in [0.1, 0.15) is 23.9 Å². The van der Waals surface area contributed by atoms with E-state index in [1.54, 1.807) is 60.9 Å². The van der Waals surface area contributed by atoms with Crippen molar-refractivity contribution < 1.29 is 24.2 Å². The minimum absolute atomic E-state index is 0.0284. The number of ether oxygens (including phenoxy) is 2. The molecule has 7 heteroatoms. The molecule has 1 unspecified atom stereocenters. The highest BCUT2D eigenvalue weighted by Crippen LogP contribution is 2.41. The van der Waals surface area contributed by atoms with E-state index >= 15 is 0 Å². The van der Waals surface area contributed by atoms with E-state index in [2.05, 4.69) is 4.98 Å². The molecule has 0 bridgehead atoms. The summed E-state index contributed by atoms with van der Waals surface area (Å²) in [5.74, 6) is -0.454. The van der Waals surface area contributed by atoms with E-state index in [9.17, 15) is 14.7 Å². The van der Waals surface area contributed by atoms with E-state index in [1.165, 1.54) is 4.90 Å². The Morgan fingerprint density at radius 3 is 2.31 bits per heavy atom. The number of likely N-dealkylation sites (tertiary alicyclic amines) is 1. The Bertz CT molecular complexity index is 1480. The van der Waals surface area contributed by atoms with Crippen LogP contribution in [0.15, 0.2) is 109 Å². The average molecular weight is 521 g/mol. The maximum absolute atomic E-state index is 13.4. The van der Waals surface area contributed by atoms with Gasteiger partial charge in [0, 0.05) is 24.5 Å². The molecule has 0 spiro atoms. The minimum Gasteiger partial charge on any atom is -0.507 e. The van der Waals surface area contributed by atoms with E-state index in [4.69, 9.17) is 9.47 Å². The first kappa shape index (κ1) is 25.7. The molecule has 1 saturated heterocycles. The zero-order valence-corrected chi connectivity index (χ0v) is 21.5. The summed E-state index contributed by atoms with van der Waals surface area (Å²) >= 11 is 0. The van der Waals surface area contributed by atoms with Crippen molar-refractivity contribution in [3.05, 3.63) is 131 Å². The van der Waals surface area contributed by atoms with Gasteiger partial charge in [0.25, 0.3) is 11.7 Å². The molecule has 196 valence electrons. The number of hydrogen-bond donors (Lipinski definition) is 1. The first-order valence-electron chi connectivity index (χ1n) is 12.7. The van der Waals surface area contributed by atoms with Crippen molar-refractivity contribution in [3.63, 3.8) is 0 Å². The van der Waals surface area contributed by atoms with Gasteiger partial charge in [-0.25, -0.2) is 0 Å². The van der Waals surface area contributed by atoms with Crippen LogP contribution in [0.5, 0.6) is 11.5 Å². The third-order valence-corrected chi connectivity index (χ3v) is 6.50.